The number of amides is 1. The molecular formula is C29H40BrN5O2. The van der Waals surface area contributed by atoms with E-state index in [2.05, 4.69) is 74.7 Å². The summed E-state index contributed by atoms with van der Waals surface area (Å²) in [5.41, 5.74) is 5.14. The van der Waals surface area contributed by atoms with Gasteiger partial charge in [-0.2, -0.15) is 0 Å². The van der Waals surface area contributed by atoms with Crippen LogP contribution < -0.4 is 0 Å². The van der Waals surface area contributed by atoms with Crippen molar-refractivity contribution in [2.75, 3.05) is 39.3 Å². The maximum Gasteiger partial charge on any atom is 0.257 e. The van der Waals surface area contributed by atoms with Crippen molar-refractivity contribution in [3.8, 4) is 0 Å². The monoisotopic (exact) mass is 569 g/mol. The molecule has 3 heterocycles. The summed E-state index contributed by atoms with van der Waals surface area (Å²) in [5.74, 6) is 0.0735. The molecule has 200 valence electrons. The van der Waals surface area contributed by atoms with E-state index in [1.54, 1.807) is 0 Å². The van der Waals surface area contributed by atoms with Gasteiger partial charge in [0, 0.05) is 61.8 Å². The van der Waals surface area contributed by atoms with Crippen molar-refractivity contribution in [1.82, 2.24) is 24.7 Å². The molecule has 0 saturated carbocycles. The normalized spacial score (nSPS) is 26.3. The highest BCUT2D eigenvalue weighted by Crippen LogP contribution is 2.42. The smallest absolute Gasteiger partial charge is 0.257 e. The maximum absolute atomic E-state index is 13.3. The van der Waals surface area contributed by atoms with E-state index in [1.165, 1.54) is 17.5 Å². The number of piperazine rings is 1. The molecule has 0 spiro atoms. The minimum atomic E-state index is 0.0735. The van der Waals surface area contributed by atoms with Gasteiger partial charge in [-0.25, -0.2) is 9.97 Å². The molecule has 0 radical (unpaired) electrons. The van der Waals surface area contributed by atoms with Gasteiger partial charge in [0.25, 0.3) is 5.91 Å². The van der Waals surface area contributed by atoms with Crippen LogP contribution in [-0.2, 0) is 11.2 Å². The number of halogens is 1. The van der Waals surface area contributed by atoms with Crippen molar-refractivity contribution in [3.63, 3.8) is 0 Å². The number of aromatic nitrogens is 2. The van der Waals surface area contributed by atoms with Crippen LogP contribution in [0.5, 0.6) is 0 Å². The largest absolute Gasteiger partial charge is 0.376 e. The molecule has 1 aliphatic carbocycles. The highest BCUT2D eigenvalue weighted by atomic mass is 79.9. The Bertz CT molecular complexity index is 1130. The summed E-state index contributed by atoms with van der Waals surface area (Å²) in [6, 6.07) is 7.47. The molecule has 2 saturated heterocycles. The van der Waals surface area contributed by atoms with Crippen LogP contribution in [0.4, 0.5) is 0 Å². The first-order chi connectivity index (χ1) is 17.7. The lowest BCUT2D eigenvalue weighted by Crippen LogP contribution is -2.62. The van der Waals surface area contributed by atoms with Crippen LogP contribution in [0.3, 0.4) is 0 Å². The summed E-state index contributed by atoms with van der Waals surface area (Å²) in [6.45, 7) is 16.1. The summed E-state index contributed by atoms with van der Waals surface area (Å²) >= 11 is 3.65. The van der Waals surface area contributed by atoms with Crippen LogP contribution in [0, 0.1) is 13.8 Å². The van der Waals surface area contributed by atoms with Crippen LogP contribution in [0.1, 0.15) is 72.5 Å². The Hall–Kier alpha value is -1.87. The average molecular weight is 571 g/mol. The number of fused-ring (bicyclic) bond motifs is 1. The number of aryl methyl sites for hydroxylation is 2. The summed E-state index contributed by atoms with van der Waals surface area (Å²) < 4.78 is 7.41. The second-order valence-electron chi connectivity index (χ2n) is 11.2. The number of hydrogen-bond donors (Lipinski definition) is 0. The molecule has 7 nitrogen and oxygen atoms in total. The first-order valence-electron chi connectivity index (χ1n) is 13.7. The zero-order valence-corrected chi connectivity index (χ0v) is 24.4. The lowest BCUT2D eigenvalue weighted by molar-refractivity contribution is -0.0630. The van der Waals surface area contributed by atoms with Crippen LogP contribution in [0.15, 0.2) is 29.0 Å². The van der Waals surface area contributed by atoms with Crippen LogP contribution in [-0.4, -0.2) is 87.6 Å². The van der Waals surface area contributed by atoms with E-state index in [1.807, 2.05) is 18.7 Å². The second kappa shape index (κ2) is 10.7. The fourth-order valence-electron chi connectivity index (χ4n) is 6.77. The molecule has 3 atom stereocenters. The molecule has 1 aromatic carbocycles. The van der Waals surface area contributed by atoms with Crippen molar-refractivity contribution in [1.29, 1.82) is 0 Å². The van der Waals surface area contributed by atoms with Gasteiger partial charge in [-0.15, -0.1) is 0 Å². The minimum absolute atomic E-state index is 0.0735. The van der Waals surface area contributed by atoms with Crippen molar-refractivity contribution in [3.05, 3.63) is 57.1 Å². The standard InChI is InChI=1S/C29H40BrN5O2/c1-6-37-25-16-22-15-23(30)7-8-24(22)27(25)35-14-13-34(17-19(35)2)29(5)9-11-33(12-10-29)28(36)26-20(3)31-18-32-21(26)4/h7-8,15,18-19,25,27H,6,9-14,16-17H2,1-5H3/t19-,25+,27?/m0/s1. The summed E-state index contributed by atoms with van der Waals surface area (Å²) in [5, 5.41) is 0. The van der Waals surface area contributed by atoms with Crippen molar-refractivity contribution >= 4 is 21.8 Å². The SMILES string of the molecule is CCO[C@@H]1Cc2cc(Br)ccc2C1N1CCN(C2(C)CCN(C(=O)c3c(C)ncnc3C)CC2)C[C@@H]1C. The predicted octanol–water partition coefficient (Wildman–Crippen LogP) is 4.56. The van der Waals surface area contributed by atoms with Gasteiger partial charge in [0.1, 0.15) is 6.33 Å². The van der Waals surface area contributed by atoms with Crippen LogP contribution in [0.25, 0.3) is 0 Å². The van der Waals surface area contributed by atoms with E-state index in [4.69, 9.17) is 4.74 Å². The molecule has 1 unspecified atom stereocenters. The highest BCUT2D eigenvalue weighted by Gasteiger charge is 2.44. The molecule has 2 fully saturated rings. The number of ether oxygens (including phenoxy) is 1. The van der Waals surface area contributed by atoms with Gasteiger partial charge in [0.2, 0.25) is 0 Å². The first-order valence-corrected chi connectivity index (χ1v) is 14.5. The van der Waals surface area contributed by atoms with E-state index in [-0.39, 0.29) is 17.6 Å². The number of carbonyl (C=O) groups is 1. The van der Waals surface area contributed by atoms with E-state index in [0.29, 0.717) is 17.6 Å². The van der Waals surface area contributed by atoms with Gasteiger partial charge in [0.15, 0.2) is 0 Å². The molecule has 1 amide bonds. The third-order valence-electron chi connectivity index (χ3n) is 8.95. The van der Waals surface area contributed by atoms with Gasteiger partial charge < -0.3 is 9.64 Å². The van der Waals surface area contributed by atoms with Crippen LogP contribution >= 0.6 is 15.9 Å². The maximum atomic E-state index is 13.3. The van der Waals surface area contributed by atoms with Crippen LogP contribution in [0.2, 0.25) is 0 Å². The first kappa shape index (κ1) is 26.7. The summed E-state index contributed by atoms with van der Waals surface area (Å²) in [4.78, 5) is 29.2. The van der Waals surface area contributed by atoms with Crippen molar-refractivity contribution in [2.24, 2.45) is 0 Å². The zero-order valence-electron chi connectivity index (χ0n) is 22.8. The number of carbonyl (C=O) groups excluding carboxylic acids is 1. The molecule has 2 aromatic rings. The molecular weight excluding hydrogens is 530 g/mol. The third kappa shape index (κ3) is 5.10. The molecule has 0 N–H and O–H groups in total. The van der Waals surface area contributed by atoms with Gasteiger partial charge in [-0.1, -0.05) is 22.0 Å². The Balaban J connectivity index is 1.25. The molecule has 3 aliphatic rings. The Labute approximate surface area is 229 Å². The van der Waals surface area contributed by atoms with E-state index in [0.717, 1.165) is 74.5 Å². The number of hydrogen-bond acceptors (Lipinski definition) is 6. The molecule has 37 heavy (non-hydrogen) atoms. The molecule has 2 aliphatic heterocycles. The van der Waals surface area contributed by atoms with Gasteiger partial charge >= 0.3 is 0 Å². The van der Waals surface area contributed by atoms with E-state index < -0.39 is 0 Å². The third-order valence-corrected chi connectivity index (χ3v) is 9.44. The fourth-order valence-corrected chi connectivity index (χ4v) is 7.18. The Morgan fingerprint density at radius 1 is 1.14 bits per heavy atom. The summed E-state index contributed by atoms with van der Waals surface area (Å²) in [6.07, 6.45) is 4.70. The van der Waals surface area contributed by atoms with Crippen molar-refractivity contribution in [2.45, 2.75) is 77.6 Å². The lowest BCUT2D eigenvalue weighted by Gasteiger charge is -2.53. The number of likely N-dealkylation sites (tertiary alicyclic amines) is 1. The molecule has 5 rings (SSSR count). The van der Waals surface area contributed by atoms with Crippen molar-refractivity contribution < 1.29 is 9.53 Å². The zero-order chi connectivity index (χ0) is 26.3. The summed E-state index contributed by atoms with van der Waals surface area (Å²) in [7, 11) is 0. The average Bonchev–Trinajstić information content (AvgIpc) is 3.21. The van der Waals surface area contributed by atoms with E-state index in [9.17, 15) is 4.79 Å². The van der Waals surface area contributed by atoms with E-state index >= 15 is 0 Å². The topological polar surface area (TPSA) is 61.8 Å². The quantitative estimate of drug-likeness (QED) is 0.526. The predicted molar refractivity (Wildman–Crippen MR) is 149 cm³/mol. The number of rotatable bonds is 5. The van der Waals surface area contributed by atoms with Gasteiger partial charge in [-0.3, -0.25) is 14.6 Å². The number of benzene rings is 1. The highest BCUT2D eigenvalue weighted by molar-refractivity contribution is 9.10. The molecule has 0 bridgehead atoms. The number of piperidine rings is 1. The lowest BCUT2D eigenvalue weighted by atomic mass is 9.86. The van der Waals surface area contributed by atoms with Gasteiger partial charge in [0.05, 0.1) is 29.1 Å². The molecule has 8 heteroatoms. The molecule has 1 aromatic heterocycles. The number of nitrogens with zero attached hydrogens (tertiary/aromatic N) is 5. The second-order valence-corrected chi connectivity index (χ2v) is 12.1. The fraction of sp³-hybridized carbons (Fsp3) is 0.621. The Kier molecular flexibility index (Phi) is 7.74. The Morgan fingerprint density at radius 2 is 1.84 bits per heavy atom. The Morgan fingerprint density at radius 3 is 2.49 bits per heavy atom. The van der Waals surface area contributed by atoms with Gasteiger partial charge in [-0.05, 0) is 70.7 Å². The minimum Gasteiger partial charge on any atom is -0.376 e.